The summed E-state index contributed by atoms with van der Waals surface area (Å²) in [5.41, 5.74) is 10.5. The lowest BCUT2D eigenvalue weighted by Crippen LogP contribution is -2.43. The second-order valence-electron chi connectivity index (χ2n) is 6.89. The van der Waals surface area contributed by atoms with Crippen molar-refractivity contribution in [2.75, 3.05) is 0 Å². The number of fused-ring (bicyclic) bond motifs is 1. The van der Waals surface area contributed by atoms with Crippen LogP contribution in [0.5, 0.6) is 0 Å². The van der Waals surface area contributed by atoms with E-state index in [1.165, 1.54) is 36.8 Å². The Morgan fingerprint density at radius 2 is 1.76 bits per heavy atom. The summed E-state index contributed by atoms with van der Waals surface area (Å²) in [4.78, 5) is 0. The van der Waals surface area contributed by atoms with E-state index in [2.05, 4.69) is 41.2 Å². The Balaban J connectivity index is 1.49. The molecule has 3 nitrogen and oxygen atoms in total. The van der Waals surface area contributed by atoms with Crippen LogP contribution in [0.3, 0.4) is 0 Å². The molecule has 0 unspecified atom stereocenters. The molecule has 0 saturated heterocycles. The smallest absolute Gasteiger partial charge is 0.0643 e. The van der Waals surface area contributed by atoms with E-state index >= 15 is 0 Å². The third-order valence-electron chi connectivity index (χ3n) is 5.10. The van der Waals surface area contributed by atoms with Crippen LogP contribution in [0.2, 0.25) is 0 Å². The number of rotatable bonds is 3. The molecular formula is C18H23N3. The van der Waals surface area contributed by atoms with E-state index in [9.17, 15) is 0 Å². The van der Waals surface area contributed by atoms with Crippen molar-refractivity contribution in [2.24, 2.45) is 5.73 Å². The van der Waals surface area contributed by atoms with Crippen LogP contribution in [-0.2, 0) is 19.3 Å². The Hall–Kier alpha value is -1.61. The van der Waals surface area contributed by atoms with Gasteiger partial charge in [-0.1, -0.05) is 37.1 Å². The Kier molecular flexibility index (Phi) is 3.11. The van der Waals surface area contributed by atoms with Gasteiger partial charge in [-0.15, -0.1) is 0 Å². The summed E-state index contributed by atoms with van der Waals surface area (Å²) in [7, 11) is 0. The van der Waals surface area contributed by atoms with E-state index in [1.54, 1.807) is 0 Å². The molecule has 110 valence electrons. The summed E-state index contributed by atoms with van der Waals surface area (Å²) < 4.78 is 2.17. The van der Waals surface area contributed by atoms with Gasteiger partial charge in [0.25, 0.3) is 0 Å². The largest absolute Gasteiger partial charge is 0.324 e. The maximum atomic E-state index is 6.65. The van der Waals surface area contributed by atoms with Gasteiger partial charge in [-0.3, -0.25) is 4.68 Å². The summed E-state index contributed by atoms with van der Waals surface area (Å²) in [6.45, 7) is 0. The van der Waals surface area contributed by atoms with Crippen LogP contribution in [-0.4, -0.2) is 15.3 Å². The average Bonchev–Trinajstić information content (AvgIpc) is 3.15. The number of nitrogens with two attached hydrogens (primary N) is 1. The molecule has 2 N–H and O–H groups in total. The molecule has 0 spiro atoms. The van der Waals surface area contributed by atoms with E-state index in [0.717, 1.165) is 25.0 Å². The highest BCUT2D eigenvalue weighted by molar-refractivity contribution is 5.36. The molecule has 1 aromatic heterocycles. The summed E-state index contributed by atoms with van der Waals surface area (Å²) in [5.74, 6) is 0. The Labute approximate surface area is 126 Å². The molecule has 2 aliphatic rings. The monoisotopic (exact) mass is 281 g/mol. The summed E-state index contributed by atoms with van der Waals surface area (Å²) in [6.07, 6.45) is 10.2. The fraction of sp³-hybridized carbons (Fsp3) is 0.500. The first-order valence-electron chi connectivity index (χ1n) is 8.12. The van der Waals surface area contributed by atoms with E-state index in [1.807, 2.05) is 0 Å². The maximum absolute atomic E-state index is 6.65. The quantitative estimate of drug-likeness (QED) is 0.939. The number of nitrogens with zero attached hydrogens (tertiary/aromatic N) is 2. The van der Waals surface area contributed by atoms with Crippen molar-refractivity contribution in [3.63, 3.8) is 0 Å². The summed E-state index contributed by atoms with van der Waals surface area (Å²) in [5, 5.41) is 4.80. The summed E-state index contributed by atoms with van der Waals surface area (Å²) >= 11 is 0. The second-order valence-corrected chi connectivity index (χ2v) is 6.89. The molecule has 0 amide bonds. The molecule has 1 fully saturated rings. The fourth-order valence-electron chi connectivity index (χ4n) is 4.05. The van der Waals surface area contributed by atoms with Crippen LogP contribution in [0.4, 0.5) is 0 Å². The highest BCUT2D eigenvalue weighted by Gasteiger charge is 2.34. The van der Waals surface area contributed by atoms with Crippen molar-refractivity contribution in [1.29, 1.82) is 0 Å². The zero-order chi connectivity index (χ0) is 14.3. The standard InChI is InChI=1S/C18H23N3/c19-18(11-14-5-1-2-6-15(14)12-18)13-16-9-10-21(20-16)17-7-3-4-8-17/h1-2,5-6,9-10,17H,3-4,7-8,11-13,19H2. The Morgan fingerprint density at radius 3 is 2.43 bits per heavy atom. The first kappa shape index (κ1) is 13.1. The first-order chi connectivity index (χ1) is 10.2. The minimum Gasteiger partial charge on any atom is -0.324 e. The lowest BCUT2D eigenvalue weighted by atomic mass is 9.91. The SMILES string of the molecule is NC1(Cc2ccn(C3CCCC3)n2)Cc2ccccc2C1. The van der Waals surface area contributed by atoms with Gasteiger partial charge in [-0.25, -0.2) is 0 Å². The van der Waals surface area contributed by atoms with Crippen LogP contribution in [0.15, 0.2) is 36.5 Å². The van der Waals surface area contributed by atoms with E-state index < -0.39 is 0 Å². The van der Waals surface area contributed by atoms with Gasteiger partial charge in [-0.05, 0) is 42.9 Å². The molecule has 0 aliphatic heterocycles. The minimum absolute atomic E-state index is 0.154. The fourth-order valence-corrected chi connectivity index (χ4v) is 4.05. The van der Waals surface area contributed by atoms with Gasteiger partial charge in [0.2, 0.25) is 0 Å². The number of hydrogen-bond donors (Lipinski definition) is 1. The van der Waals surface area contributed by atoms with Crippen molar-refractivity contribution < 1.29 is 0 Å². The third-order valence-corrected chi connectivity index (χ3v) is 5.10. The van der Waals surface area contributed by atoms with Crippen molar-refractivity contribution in [2.45, 2.75) is 56.5 Å². The van der Waals surface area contributed by atoms with Gasteiger partial charge in [0.1, 0.15) is 0 Å². The maximum Gasteiger partial charge on any atom is 0.0643 e. The molecule has 21 heavy (non-hydrogen) atoms. The van der Waals surface area contributed by atoms with Gasteiger partial charge in [0.15, 0.2) is 0 Å². The molecule has 0 atom stereocenters. The zero-order valence-corrected chi connectivity index (χ0v) is 12.5. The Bertz CT molecular complexity index is 612. The van der Waals surface area contributed by atoms with Gasteiger partial charge in [0, 0.05) is 18.2 Å². The van der Waals surface area contributed by atoms with Crippen molar-refractivity contribution in [3.05, 3.63) is 53.3 Å². The van der Waals surface area contributed by atoms with Gasteiger partial charge in [0.05, 0.1) is 11.7 Å². The molecule has 2 aromatic rings. The molecule has 4 rings (SSSR count). The molecule has 1 heterocycles. The lowest BCUT2D eigenvalue weighted by molar-refractivity contribution is 0.425. The lowest BCUT2D eigenvalue weighted by Gasteiger charge is -2.22. The second kappa shape index (κ2) is 4.99. The summed E-state index contributed by atoms with van der Waals surface area (Å²) in [6, 6.07) is 11.4. The molecule has 2 aliphatic carbocycles. The van der Waals surface area contributed by atoms with E-state index in [-0.39, 0.29) is 5.54 Å². The minimum atomic E-state index is -0.154. The zero-order valence-electron chi connectivity index (χ0n) is 12.5. The van der Waals surface area contributed by atoms with E-state index in [0.29, 0.717) is 6.04 Å². The molecule has 0 radical (unpaired) electrons. The third kappa shape index (κ3) is 2.51. The number of benzene rings is 1. The van der Waals surface area contributed by atoms with Crippen LogP contribution in [0.1, 0.15) is 48.5 Å². The Morgan fingerprint density at radius 1 is 1.10 bits per heavy atom. The van der Waals surface area contributed by atoms with E-state index in [4.69, 9.17) is 10.8 Å². The molecule has 0 bridgehead atoms. The van der Waals surface area contributed by atoms with Crippen molar-refractivity contribution >= 4 is 0 Å². The molecule has 3 heteroatoms. The molecule has 1 aromatic carbocycles. The van der Waals surface area contributed by atoms with Gasteiger partial charge in [-0.2, -0.15) is 5.10 Å². The number of aromatic nitrogens is 2. The predicted octanol–water partition coefficient (Wildman–Crippen LogP) is 3.04. The topological polar surface area (TPSA) is 43.8 Å². The predicted molar refractivity (Wildman–Crippen MR) is 84.2 cm³/mol. The highest BCUT2D eigenvalue weighted by Crippen LogP contribution is 2.32. The molecule has 1 saturated carbocycles. The first-order valence-corrected chi connectivity index (χ1v) is 8.12. The van der Waals surface area contributed by atoms with Crippen LogP contribution in [0.25, 0.3) is 0 Å². The van der Waals surface area contributed by atoms with Crippen LogP contribution in [0, 0.1) is 0 Å². The molecular weight excluding hydrogens is 258 g/mol. The van der Waals surface area contributed by atoms with Crippen LogP contribution < -0.4 is 5.73 Å². The van der Waals surface area contributed by atoms with Crippen LogP contribution >= 0.6 is 0 Å². The normalized spacial score (nSPS) is 20.8. The van der Waals surface area contributed by atoms with Crippen molar-refractivity contribution in [3.8, 4) is 0 Å². The van der Waals surface area contributed by atoms with Gasteiger partial charge < -0.3 is 5.73 Å². The highest BCUT2D eigenvalue weighted by atomic mass is 15.3. The average molecular weight is 281 g/mol. The number of hydrogen-bond acceptors (Lipinski definition) is 2. The van der Waals surface area contributed by atoms with Crippen molar-refractivity contribution in [1.82, 2.24) is 9.78 Å². The van der Waals surface area contributed by atoms with Gasteiger partial charge >= 0.3 is 0 Å².